The lowest BCUT2D eigenvalue weighted by atomic mass is 10.1. The predicted molar refractivity (Wildman–Crippen MR) is 99.1 cm³/mol. The van der Waals surface area contributed by atoms with E-state index in [1.165, 1.54) is 0 Å². The number of ether oxygens (including phenoxy) is 1. The van der Waals surface area contributed by atoms with E-state index in [9.17, 15) is 9.59 Å². The number of likely N-dealkylation sites (tertiary alicyclic amines) is 1. The van der Waals surface area contributed by atoms with Crippen LogP contribution in [0.2, 0.25) is 0 Å². The number of nitrogens with one attached hydrogen (secondary N) is 2. The fourth-order valence-corrected chi connectivity index (χ4v) is 2.73. The normalized spacial score (nSPS) is 15.0. The Kier molecular flexibility index (Phi) is 7.62. The molecule has 0 aromatic carbocycles. The molecule has 8 heteroatoms. The van der Waals surface area contributed by atoms with Gasteiger partial charge in [-0.2, -0.15) is 0 Å². The van der Waals surface area contributed by atoms with Crippen molar-refractivity contribution in [3.8, 4) is 0 Å². The van der Waals surface area contributed by atoms with Crippen LogP contribution in [0.25, 0.3) is 0 Å². The fraction of sp³-hybridized carbons (Fsp3) is 0.667. The van der Waals surface area contributed by atoms with Crippen molar-refractivity contribution >= 4 is 17.8 Å². The Hall–Kier alpha value is -2.38. The average Bonchev–Trinajstić information content (AvgIpc) is 2.63. The van der Waals surface area contributed by atoms with Crippen molar-refractivity contribution in [3.63, 3.8) is 0 Å². The summed E-state index contributed by atoms with van der Waals surface area (Å²) in [5, 5.41) is 14.3. The summed E-state index contributed by atoms with van der Waals surface area (Å²) in [5.74, 6) is 0.981. The van der Waals surface area contributed by atoms with Gasteiger partial charge >= 0.3 is 6.09 Å². The molecule has 0 saturated carbocycles. The number of nitrogens with zero attached hydrogens (tertiary/aromatic N) is 3. The first kappa shape index (κ1) is 19.9. The number of amides is 2. The van der Waals surface area contributed by atoms with Crippen molar-refractivity contribution in [2.24, 2.45) is 5.92 Å². The molecule has 1 aromatic rings. The minimum Gasteiger partial charge on any atom is -0.450 e. The highest BCUT2D eigenvalue weighted by Gasteiger charge is 2.23. The molecule has 0 unspecified atom stereocenters. The number of rotatable bonds is 7. The van der Waals surface area contributed by atoms with E-state index in [0.29, 0.717) is 43.7 Å². The number of carbonyl (C=O) groups is 2. The third-order valence-corrected chi connectivity index (χ3v) is 4.28. The highest BCUT2D eigenvalue weighted by molar-refractivity contribution is 5.92. The second-order valence-electron chi connectivity index (χ2n) is 6.85. The van der Waals surface area contributed by atoms with Gasteiger partial charge in [-0.1, -0.05) is 13.8 Å². The molecule has 1 aromatic heterocycles. The van der Waals surface area contributed by atoms with Crippen molar-refractivity contribution in [2.45, 2.75) is 46.1 Å². The van der Waals surface area contributed by atoms with Gasteiger partial charge in [-0.25, -0.2) is 4.79 Å². The molecule has 0 radical (unpaired) electrons. The summed E-state index contributed by atoms with van der Waals surface area (Å²) in [7, 11) is 0. The number of aromatic nitrogens is 2. The van der Waals surface area contributed by atoms with Crippen molar-refractivity contribution < 1.29 is 14.3 Å². The maximum atomic E-state index is 12.0. The van der Waals surface area contributed by atoms with Gasteiger partial charge < -0.3 is 20.3 Å². The highest BCUT2D eigenvalue weighted by atomic mass is 16.6. The Morgan fingerprint density at radius 1 is 1.27 bits per heavy atom. The summed E-state index contributed by atoms with van der Waals surface area (Å²) in [6.45, 7) is 8.37. The van der Waals surface area contributed by atoms with Crippen LogP contribution < -0.4 is 10.6 Å². The molecule has 8 nitrogen and oxygen atoms in total. The van der Waals surface area contributed by atoms with Crippen LogP contribution in [-0.4, -0.2) is 59.4 Å². The fourth-order valence-electron chi connectivity index (χ4n) is 2.73. The first-order chi connectivity index (χ1) is 12.5. The van der Waals surface area contributed by atoms with Crippen LogP contribution in [0, 0.1) is 5.92 Å². The van der Waals surface area contributed by atoms with Crippen LogP contribution in [-0.2, 0) is 4.74 Å². The molecule has 0 atom stereocenters. The van der Waals surface area contributed by atoms with Gasteiger partial charge in [0.05, 0.1) is 6.61 Å². The lowest BCUT2D eigenvalue weighted by molar-refractivity contribution is 0.0945. The second-order valence-corrected chi connectivity index (χ2v) is 6.85. The molecule has 0 aliphatic carbocycles. The van der Waals surface area contributed by atoms with Gasteiger partial charge in [0, 0.05) is 25.7 Å². The number of piperidine rings is 1. The van der Waals surface area contributed by atoms with E-state index >= 15 is 0 Å². The number of carbonyl (C=O) groups excluding carboxylic acids is 2. The zero-order valence-electron chi connectivity index (χ0n) is 15.8. The minimum atomic E-state index is -0.251. The van der Waals surface area contributed by atoms with Gasteiger partial charge in [-0.3, -0.25) is 4.79 Å². The summed E-state index contributed by atoms with van der Waals surface area (Å²) < 4.78 is 5.02. The van der Waals surface area contributed by atoms with E-state index < -0.39 is 0 Å². The summed E-state index contributed by atoms with van der Waals surface area (Å²) in [5.41, 5.74) is 0.316. The molecular formula is C18H29N5O3. The number of anilines is 1. The van der Waals surface area contributed by atoms with Crippen LogP contribution in [0.3, 0.4) is 0 Å². The zero-order valence-corrected chi connectivity index (χ0v) is 15.8. The van der Waals surface area contributed by atoms with Crippen molar-refractivity contribution in [2.75, 3.05) is 31.6 Å². The molecule has 0 bridgehead atoms. The molecule has 1 fully saturated rings. The zero-order chi connectivity index (χ0) is 18.9. The molecular weight excluding hydrogens is 334 g/mol. The van der Waals surface area contributed by atoms with Gasteiger partial charge in [0.1, 0.15) is 5.82 Å². The summed E-state index contributed by atoms with van der Waals surface area (Å²) in [6, 6.07) is 3.66. The Morgan fingerprint density at radius 2 is 2.00 bits per heavy atom. The van der Waals surface area contributed by atoms with Gasteiger partial charge in [0.2, 0.25) is 0 Å². The van der Waals surface area contributed by atoms with Gasteiger partial charge in [-0.05, 0) is 44.2 Å². The molecule has 2 heterocycles. The molecule has 0 spiro atoms. The molecule has 1 aliphatic rings. The lowest BCUT2D eigenvalue weighted by Gasteiger charge is -2.31. The van der Waals surface area contributed by atoms with E-state index in [-0.39, 0.29) is 18.0 Å². The quantitative estimate of drug-likeness (QED) is 0.771. The monoisotopic (exact) mass is 363 g/mol. The maximum Gasteiger partial charge on any atom is 0.409 e. The Labute approximate surface area is 154 Å². The van der Waals surface area contributed by atoms with E-state index in [0.717, 1.165) is 19.3 Å². The number of hydrogen-bond acceptors (Lipinski definition) is 6. The summed E-state index contributed by atoms with van der Waals surface area (Å²) >= 11 is 0. The smallest absolute Gasteiger partial charge is 0.409 e. The predicted octanol–water partition coefficient (Wildman–Crippen LogP) is 2.29. The van der Waals surface area contributed by atoms with E-state index in [2.05, 4.69) is 34.7 Å². The molecule has 1 aliphatic heterocycles. The highest BCUT2D eigenvalue weighted by Crippen LogP contribution is 2.15. The van der Waals surface area contributed by atoms with Crippen LogP contribution >= 0.6 is 0 Å². The third kappa shape index (κ3) is 6.16. The molecule has 2 N–H and O–H groups in total. The first-order valence-corrected chi connectivity index (χ1v) is 9.29. The Bertz CT molecular complexity index is 583. The maximum absolute atomic E-state index is 12.0. The summed E-state index contributed by atoms with van der Waals surface area (Å²) in [6.07, 6.45) is 2.32. The van der Waals surface area contributed by atoms with Gasteiger partial charge in [0.15, 0.2) is 5.69 Å². The van der Waals surface area contributed by atoms with E-state index in [1.54, 1.807) is 24.0 Å². The SMILES string of the molecule is CCOC(=O)N1CCC(Nc2ccc(C(=O)NCCC(C)C)nn2)CC1. The van der Waals surface area contributed by atoms with Crippen LogP contribution in [0.15, 0.2) is 12.1 Å². The minimum absolute atomic E-state index is 0.201. The van der Waals surface area contributed by atoms with Crippen LogP contribution in [0.1, 0.15) is 50.5 Å². The topological polar surface area (TPSA) is 96.5 Å². The van der Waals surface area contributed by atoms with Gasteiger partial charge in [-0.15, -0.1) is 10.2 Å². The molecule has 2 amide bonds. The largest absolute Gasteiger partial charge is 0.450 e. The summed E-state index contributed by atoms with van der Waals surface area (Å²) in [4.78, 5) is 25.4. The van der Waals surface area contributed by atoms with Gasteiger partial charge in [0.25, 0.3) is 5.91 Å². The third-order valence-electron chi connectivity index (χ3n) is 4.28. The van der Waals surface area contributed by atoms with Crippen molar-refractivity contribution in [3.05, 3.63) is 17.8 Å². The van der Waals surface area contributed by atoms with Crippen molar-refractivity contribution in [1.29, 1.82) is 0 Å². The standard InChI is InChI=1S/C18H29N5O3/c1-4-26-18(25)23-11-8-14(9-12-23)20-16-6-5-15(21-22-16)17(24)19-10-7-13(2)3/h5-6,13-14H,4,7-12H2,1-3H3,(H,19,24)(H,20,22). The Balaban J connectivity index is 1.77. The van der Waals surface area contributed by atoms with Crippen LogP contribution in [0.4, 0.5) is 10.6 Å². The molecule has 2 rings (SSSR count). The first-order valence-electron chi connectivity index (χ1n) is 9.29. The van der Waals surface area contributed by atoms with E-state index in [4.69, 9.17) is 4.74 Å². The molecule has 26 heavy (non-hydrogen) atoms. The average molecular weight is 363 g/mol. The second kappa shape index (κ2) is 9.94. The molecule has 144 valence electrons. The van der Waals surface area contributed by atoms with Crippen molar-refractivity contribution in [1.82, 2.24) is 20.4 Å². The van der Waals surface area contributed by atoms with E-state index in [1.807, 2.05) is 0 Å². The lowest BCUT2D eigenvalue weighted by Crippen LogP contribution is -2.42. The number of hydrogen-bond donors (Lipinski definition) is 2. The van der Waals surface area contributed by atoms with Crippen LogP contribution in [0.5, 0.6) is 0 Å². The Morgan fingerprint density at radius 3 is 2.58 bits per heavy atom. The molecule has 1 saturated heterocycles.